The molecule has 2 saturated heterocycles. The maximum Gasteiger partial charge on any atom is 0.268 e. The lowest BCUT2D eigenvalue weighted by molar-refractivity contribution is -0.123. The number of ether oxygens (including phenoxy) is 2. The van der Waals surface area contributed by atoms with E-state index in [1.807, 2.05) is 25.1 Å². The molecule has 0 spiro atoms. The number of rotatable bonds is 5. The summed E-state index contributed by atoms with van der Waals surface area (Å²) in [5.41, 5.74) is 5.62. The topological polar surface area (TPSA) is 88.2 Å². The molecule has 0 aliphatic carbocycles. The largest absolute Gasteiger partial charge is 0.493 e. The normalized spacial score (nSPS) is 21.1. The Balaban J connectivity index is 1.63. The third-order valence-corrected chi connectivity index (χ3v) is 7.08. The van der Waals surface area contributed by atoms with Crippen molar-refractivity contribution >= 4 is 39.3 Å². The molecule has 8 nitrogen and oxygen atoms in total. The van der Waals surface area contributed by atoms with Gasteiger partial charge in [-0.3, -0.25) is 19.4 Å². The van der Waals surface area contributed by atoms with E-state index in [0.29, 0.717) is 28.3 Å². The summed E-state index contributed by atoms with van der Waals surface area (Å²) >= 11 is 3.40. The van der Waals surface area contributed by atoms with Crippen molar-refractivity contribution in [2.24, 2.45) is 5.92 Å². The molecule has 2 aliphatic heterocycles. The standard InChI is InChI=1S/C27H24BrN3O5/c1-15-10-12-18(13-11-15)30-26(33)21-22(19-8-5-9-20(35-2)24(19)36-3)29-31(23(21)27(30)34)25(32)16-6-4-7-17(28)14-16/h4-14,21-23,29H,1-3H3. The predicted molar refractivity (Wildman–Crippen MR) is 137 cm³/mol. The fraction of sp³-hybridized carbons (Fsp3) is 0.222. The smallest absolute Gasteiger partial charge is 0.268 e. The van der Waals surface area contributed by atoms with Gasteiger partial charge in [-0.2, -0.15) is 0 Å². The molecule has 0 radical (unpaired) electrons. The zero-order valence-corrected chi connectivity index (χ0v) is 21.5. The first-order chi connectivity index (χ1) is 17.3. The van der Waals surface area contributed by atoms with Crippen LogP contribution in [0.5, 0.6) is 11.5 Å². The average Bonchev–Trinajstić information content (AvgIpc) is 3.40. The summed E-state index contributed by atoms with van der Waals surface area (Å²) in [6.07, 6.45) is 0. The molecular weight excluding hydrogens is 526 g/mol. The van der Waals surface area contributed by atoms with Crippen LogP contribution in [0.2, 0.25) is 0 Å². The van der Waals surface area contributed by atoms with Crippen LogP contribution in [0.25, 0.3) is 0 Å². The van der Waals surface area contributed by atoms with Gasteiger partial charge in [-0.1, -0.05) is 51.8 Å². The van der Waals surface area contributed by atoms with Crippen LogP contribution in [0, 0.1) is 12.8 Å². The van der Waals surface area contributed by atoms with Crippen molar-refractivity contribution < 1.29 is 23.9 Å². The molecule has 3 aromatic rings. The van der Waals surface area contributed by atoms with Crippen molar-refractivity contribution in [2.45, 2.75) is 19.0 Å². The van der Waals surface area contributed by atoms with Crippen molar-refractivity contribution in [3.8, 4) is 11.5 Å². The van der Waals surface area contributed by atoms with Crippen LogP contribution in [-0.2, 0) is 9.59 Å². The summed E-state index contributed by atoms with van der Waals surface area (Å²) in [6, 6.07) is 17.7. The molecule has 0 bridgehead atoms. The van der Waals surface area contributed by atoms with Crippen molar-refractivity contribution in [1.29, 1.82) is 0 Å². The number of halogens is 1. The molecule has 2 heterocycles. The van der Waals surface area contributed by atoms with Gasteiger partial charge in [-0.05, 0) is 43.3 Å². The minimum Gasteiger partial charge on any atom is -0.493 e. The number of fused-ring (bicyclic) bond motifs is 1. The van der Waals surface area contributed by atoms with Crippen molar-refractivity contribution in [1.82, 2.24) is 10.4 Å². The summed E-state index contributed by atoms with van der Waals surface area (Å²) in [6.45, 7) is 1.93. The van der Waals surface area contributed by atoms with Crippen LogP contribution in [0.3, 0.4) is 0 Å². The lowest BCUT2D eigenvalue weighted by atomic mass is 9.90. The number of nitrogens with zero attached hydrogens (tertiary/aromatic N) is 2. The molecular formula is C27H24BrN3O5. The number of imide groups is 1. The Morgan fingerprint density at radius 2 is 1.67 bits per heavy atom. The second-order valence-corrected chi connectivity index (χ2v) is 9.61. The van der Waals surface area contributed by atoms with Gasteiger partial charge >= 0.3 is 0 Å². The Morgan fingerprint density at radius 1 is 0.944 bits per heavy atom. The average molecular weight is 550 g/mol. The first-order valence-electron chi connectivity index (χ1n) is 11.4. The highest BCUT2D eigenvalue weighted by Crippen LogP contribution is 2.46. The first kappa shape index (κ1) is 24.0. The molecule has 1 N–H and O–H groups in total. The van der Waals surface area contributed by atoms with Gasteiger partial charge in [0.05, 0.1) is 31.9 Å². The van der Waals surface area contributed by atoms with Crippen LogP contribution < -0.4 is 19.8 Å². The number of methoxy groups -OCH3 is 2. The van der Waals surface area contributed by atoms with E-state index in [1.165, 1.54) is 24.1 Å². The third kappa shape index (κ3) is 3.84. The quantitative estimate of drug-likeness (QED) is 0.483. The Bertz CT molecular complexity index is 1360. The van der Waals surface area contributed by atoms with E-state index < -0.39 is 29.8 Å². The summed E-state index contributed by atoms with van der Waals surface area (Å²) in [5, 5.41) is 1.28. The molecule has 3 amide bonds. The van der Waals surface area contributed by atoms with Crippen molar-refractivity contribution in [3.63, 3.8) is 0 Å². The molecule has 36 heavy (non-hydrogen) atoms. The van der Waals surface area contributed by atoms with Gasteiger partial charge in [0, 0.05) is 15.6 Å². The molecule has 3 aromatic carbocycles. The highest BCUT2D eigenvalue weighted by molar-refractivity contribution is 9.10. The number of hydrogen-bond acceptors (Lipinski definition) is 6. The molecule has 5 rings (SSSR count). The third-order valence-electron chi connectivity index (χ3n) is 6.59. The number of anilines is 1. The Kier molecular flexibility index (Phi) is 6.27. The van der Waals surface area contributed by atoms with E-state index in [1.54, 1.807) is 48.5 Å². The lowest BCUT2D eigenvalue weighted by Crippen LogP contribution is -2.48. The van der Waals surface area contributed by atoms with E-state index in [9.17, 15) is 14.4 Å². The van der Waals surface area contributed by atoms with Gasteiger partial charge < -0.3 is 9.47 Å². The Labute approximate surface area is 216 Å². The van der Waals surface area contributed by atoms with Gasteiger partial charge in [0.1, 0.15) is 6.04 Å². The van der Waals surface area contributed by atoms with E-state index in [2.05, 4.69) is 21.4 Å². The summed E-state index contributed by atoms with van der Waals surface area (Å²) < 4.78 is 11.8. The Hall–Kier alpha value is -3.69. The monoisotopic (exact) mass is 549 g/mol. The second kappa shape index (κ2) is 9.40. The highest BCUT2D eigenvalue weighted by atomic mass is 79.9. The van der Waals surface area contributed by atoms with Gasteiger partial charge in [0.15, 0.2) is 11.5 Å². The van der Waals surface area contributed by atoms with Gasteiger partial charge in [-0.15, -0.1) is 0 Å². The number of para-hydroxylation sites is 1. The zero-order valence-electron chi connectivity index (χ0n) is 19.9. The lowest BCUT2D eigenvalue weighted by Gasteiger charge is -2.26. The number of carbonyl (C=O) groups is 3. The van der Waals surface area contributed by atoms with E-state index >= 15 is 0 Å². The predicted octanol–water partition coefficient (Wildman–Crippen LogP) is 4.03. The van der Waals surface area contributed by atoms with Crippen LogP contribution in [0.1, 0.15) is 27.5 Å². The minimum atomic E-state index is -1.04. The van der Waals surface area contributed by atoms with E-state index in [0.717, 1.165) is 10.0 Å². The van der Waals surface area contributed by atoms with Crippen LogP contribution in [0.4, 0.5) is 5.69 Å². The Morgan fingerprint density at radius 3 is 2.33 bits per heavy atom. The zero-order chi connectivity index (χ0) is 25.6. The highest BCUT2D eigenvalue weighted by Gasteiger charge is 2.61. The number of benzene rings is 3. The van der Waals surface area contributed by atoms with Crippen molar-refractivity contribution in [3.05, 3.63) is 87.9 Å². The van der Waals surface area contributed by atoms with Crippen molar-refractivity contribution in [2.75, 3.05) is 19.1 Å². The fourth-order valence-electron chi connectivity index (χ4n) is 4.90. The van der Waals surface area contributed by atoms with Gasteiger partial charge in [0.2, 0.25) is 5.91 Å². The van der Waals surface area contributed by atoms with E-state index in [4.69, 9.17) is 9.47 Å². The summed E-state index contributed by atoms with van der Waals surface area (Å²) in [7, 11) is 3.04. The van der Waals surface area contributed by atoms with Gasteiger partial charge in [0.25, 0.3) is 11.8 Å². The number of nitrogens with one attached hydrogen (secondary N) is 1. The summed E-state index contributed by atoms with van der Waals surface area (Å²) in [4.78, 5) is 42.4. The molecule has 3 unspecified atom stereocenters. The van der Waals surface area contributed by atoms with Crippen LogP contribution >= 0.6 is 15.9 Å². The number of hydrogen-bond donors (Lipinski definition) is 1. The number of aryl methyl sites for hydroxylation is 1. The number of hydrazine groups is 1. The molecule has 0 aromatic heterocycles. The van der Waals surface area contributed by atoms with E-state index in [-0.39, 0.29) is 5.91 Å². The first-order valence-corrected chi connectivity index (χ1v) is 12.2. The van der Waals surface area contributed by atoms with Gasteiger partial charge in [-0.25, -0.2) is 10.3 Å². The fourth-order valence-corrected chi connectivity index (χ4v) is 5.30. The molecule has 0 saturated carbocycles. The second-order valence-electron chi connectivity index (χ2n) is 8.69. The van der Waals surface area contributed by atoms with Crippen LogP contribution in [0.15, 0.2) is 71.2 Å². The molecule has 2 fully saturated rings. The molecule has 9 heteroatoms. The number of carbonyl (C=O) groups excluding carboxylic acids is 3. The summed E-state index contributed by atoms with van der Waals surface area (Å²) in [5.74, 6) is -1.22. The number of amides is 3. The molecule has 2 aliphatic rings. The maximum absolute atomic E-state index is 13.8. The minimum absolute atomic E-state index is 0.378. The molecule has 3 atom stereocenters. The SMILES string of the molecule is COc1cccc(C2NN(C(=O)c3cccc(Br)c3)C3C(=O)N(c4ccc(C)cc4)C(=O)C23)c1OC. The maximum atomic E-state index is 13.8. The molecule has 184 valence electrons. The van der Waals surface area contributed by atoms with Crippen LogP contribution in [-0.4, -0.2) is 43.0 Å².